The number of fused-ring (bicyclic) bond motifs is 8. The Bertz CT molecular complexity index is 3520. The van der Waals surface area contributed by atoms with Crippen molar-refractivity contribution < 1.29 is 4.42 Å². The monoisotopic (exact) mass is 779 g/mol. The predicted molar refractivity (Wildman–Crippen MR) is 257 cm³/mol. The number of furan rings is 1. The van der Waals surface area contributed by atoms with Gasteiger partial charge in [0, 0.05) is 33.1 Å². The first-order valence-electron chi connectivity index (χ1n) is 21.2. The fraction of sp³-hybridized carbons (Fsp3) is 0.0508. The van der Waals surface area contributed by atoms with Crippen molar-refractivity contribution in [3.8, 4) is 44.5 Å². The Kier molecular flexibility index (Phi) is 7.92. The average Bonchev–Trinajstić information content (AvgIpc) is 3.79. The first-order chi connectivity index (χ1) is 30.0. The molecule has 12 rings (SSSR count). The van der Waals surface area contributed by atoms with Crippen LogP contribution in [-0.4, -0.2) is 0 Å². The molecule has 0 saturated heterocycles. The van der Waals surface area contributed by atoms with E-state index in [9.17, 15) is 0 Å². The summed E-state index contributed by atoms with van der Waals surface area (Å²) in [5.74, 6) is 0. The molecule has 61 heavy (non-hydrogen) atoms. The molecule has 0 aliphatic heterocycles. The van der Waals surface area contributed by atoms with Crippen molar-refractivity contribution in [2.24, 2.45) is 0 Å². The summed E-state index contributed by atoms with van der Waals surface area (Å²) in [6.07, 6.45) is 0. The second-order valence-corrected chi connectivity index (χ2v) is 16.9. The summed E-state index contributed by atoms with van der Waals surface area (Å²) in [6, 6.07) is 77.5. The Morgan fingerprint density at radius 1 is 0.361 bits per heavy atom. The van der Waals surface area contributed by atoms with Crippen LogP contribution in [0, 0.1) is 0 Å². The van der Waals surface area contributed by atoms with Crippen LogP contribution in [0.25, 0.3) is 88.0 Å². The Balaban J connectivity index is 1.02. The van der Waals surface area contributed by atoms with Gasteiger partial charge in [0.2, 0.25) is 0 Å². The fourth-order valence-electron chi connectivity index (χ4n) is 9.94. The molecule has 1 aliphatic carbocycles. The minimum Gasteiger partial charge on any atom is -0.456 e. The predicted octanol–water partition coefficient (Wildman–Crippen LogP) is 16.7. The molecule has 10 aromatic carbocycles. The Labute approximate surface area is 355 Å². The van der Waals surface area contributed by atoms with Crippen LogP contribution in [0.4, 0.5) is 17.1 Å². The molecule has 0 unspecified atom stereocenters. The van der Waals surface area contributed by atoms with Crippen LogP contribution in [0.2, 0.25) is 0 Å². The van der Waals surface area contributed by atoms with Crippen molar-refractivity contribution >= 4 is 60.5 Å². The molecule has 2 nitrogen and oxygen atoms in total. The molecule has 0 bridgehead atoms. The minimum absolute atomic E-state index is 0.142. The van der Waals surface area contributed by atoms with E-state index in [-0.39, 0.29) is 5.41 Å². The normalized spacial score (nSPS) is 12.9. The number of para-hydroxylation sites is 1. The summed E-state index contributed by atoms with van der Waals surface area (Å²) in [7, 11) is 0. The third-order valence-electron chi connectivity index (χ3n) is 13.0. The lowest BCUT2D eigenvalue weighted by molar-refractivity contribution is 0.660. The van der Waals surface area contributed by atoms with Crippen LogP contribution in [-0.2, 0) is 5.41 Å². The molecule has 0 N–H and O–H groups in total. The van der Waals surface area contributed by atoms with E-state index in [1.807, 2.05) is 0 Å². The van der Waals surface area contributed by atoms with Crippen molar-refractivity contribution in [2.45, 2.75) is 19.3 Å². The summed E-state index contributed by atoms with van der Waals surface area (Å²) in [5.41, 5.74) is 17.4. The maximum Gasteiger partial charge on any atom is 0.136 e. The molecule has 0 amide bonds. The topological polar surface area (TPSA) is 16.4 Å². The maximum atomic E-state index is 6.59. The number of benzene rings is 10. The molecule has 11 aromatic rings. The number of nitrogens with zero attached hydrogens (tertiary/aromatic N) is 1. The van der Waals surface area contributed by atoms with Crippen LogP contribution >= 0.6 is 0 Å². The van der Waals surface area contributed by atoms with Gasteiger partial charge in [-0.2, -0.15) is 0 Å². The highest BCUT2D eigenvalue weighted by Gasteiger charge is 2.36. The highest BCUT2D eigenvalue weighted by atomic mass is 16.3. The van der Waals surface area contributed by atoms with E-state index >= 15 is 0 Å². The highest BCUT2D eigenvalue weighted by molar-refractivity contribution is 6.16. The van der Waals surface area contributed by atoms with Gasteiger partial charge in [-0.25, -0.2) is 0 Å². The largest absolute Gasteiger partial charge is 0.456 e. The van der Waals surface area contributed by atoms with E-state index in [0.717, 1.165) is 50.1 Å². The summed E-state index contributed by atoms with van der Waals surface area (Å²) in [5, 5.41) is 7.13. The number of anilines is 3. The fourth-order valence-corrected chi connectivity index (χ4v) is 9.94. The van der Waals surface area contributed by atoms with E-state index in [1.54, 1.807) is 0 Å². The highest BCUT2D eigenvalue weighted by Crippen LogP contribution is 2.52. The van der Waals surface area contributed by atoms with E-state index in [2.05, 4.69) is 231 Å². The van der Waals surface area contributed by atoms with Crippen LogP contribution in [0.3, 0.4) is 0 Å². The van der Waals surface area contributed by atoms with Crippen molar-refractivity contribution in [1.82, 2.24) is 0 Å². The summed E-state index contributed by atoms with van der Waals surface area (Å²) < 4.78 is 6.59. The van der Waals surface area contributed by atoms with Crippen molar-refractivity contribution in [1.29, 1.82) is 0 Å². The SMILES string of the molecule is CC1(C)c2ccccc2-c2ccc(N(c3ccc(-c4cccc(-c5ccc6ccccc6c5)c4)cc3)c3ccccc3-c3cccc4oc5cc6ccccc6cc5c34)cc21. The van der Waals surface area contributed by atoms with Crippen molar-refractivity contribution in [3.05, 3.63) is 223 Å². The molecular formula is C59H41NO. The van der Waals surface area contributed by atoms with Gasteiger partial charge in [0.05, 0.1) is 5.69 Å². The smallest absolute Gasteiger partial charge is 0.136 e. The van der Waals surface area contributed by atoms with Crippen LogP contribution in [0.1, 0.15) is 25.0 Å². The molecule has 288 valence electrons. The molecular weight excluding hydrogens is 739 g/mol. The zero-order valence-corrected chi connectivity index (χ0v) is 34.1. The lowest BCUT2D eigenvalue weighted by Crippen LogP contribution is -2.16. The molecule has 0 fully saturated rings. The molecule has 2 heteroatoms. The molecule has 0 atom stereocenters. The molecule has 1 aromatic heterocycles. The van der Waals surface area contributed by atoms with Gasteiger partial charge < -0.3 is 9.32 Å². The zero-order chi connectivity index (χ0) is 40.7. The van der Waals surface area contributed by atoms with Gasteiger partial charge in [-0.15, -0.1) is 0 Å². The van der Waals surface area contributed by atoms with E-state index in [1.165, 1.54) is 66.1 Å². The van der Waals surface area contributed by atoms with Gasteiger partial charge >= 0.3 is 0 Å². The lowest BCUT2D eigenvalue weighted by atomic mass is 9.82. The molecule has 0 radical (unpaired) electrons. The zero-order valence-electron chi connectivity index (χ0n) is 34.1. The third-order valence-corrected chi connectivity index (χ3v) is 13.0. The summed E-state index contributed by atoms with van der Waals surface area (Å²) >= 11 is 0. The van der Waals surface area contributed by atoms with Crippen LogP contribution < -0.4 is 4.90 Å². The van der Waals surface area contributed by atoms with Gasteiger partial charge in [0.15, 0.2) is 0 Å². The first kappa shape index (κ1) is 35.3. The molecule has 1 heterocycles. The number of hydrogen-bond donors (Lipinski definition) is 0. The van der Waals surface area contributed by atoms with E-state index in [0.29, 0.717) is 0 Å². The van der Waals surface area contributed by atoms with Gasteiger partial charge in [-0.1, -0.05) is 166 Å². The third kappa shape index (κ3) is 5.71. The molecule has 0 saturated carbocycles. The Hall–Kier alpha value is -7.68. The van der Waals surface area contributed by atoms with Gasteiger partial charge in [-0.05, 0) is 132 Å². The van der Waals surface area contributed by atoms with Gasteiger partial charge in [0.1, 0.15) is 11.2 Å². The van der Waals surface area contributed by atoms with Crippen molar-refractivity contribution in [2.75, 3.05) is 4.90 Å². The number of rotatable bonds is 6. The van der Waals surface area contributed by atoms with Crippen LogP contribution in [0.15, 0.2) is 217 Å². The van der Waals surface area contributed by atoms with Crippen molar-refractivity contribution in [3.63, 3.8) is 0 Å². The first-order valence-corrected chi connectivity index (χ1v) is 21.2. The van der Waals surface area contributed by atoms with Gasteiger partial charge in [-0.3, -0.25) is 0 Å². The Morgan fingerprint density at radius 2 is 0.951 bits per heavy atom. The maximum absolute atomic E-state index is 6.59. The van der Waals surface area contributed by atoms with Gasteiger partial charge in [0.25, 0.3) is 0 Å². The standard InChI is InChI=1S/C59H41NO/c1-59(2)53-22-9-7-19-48(53)49-32-31-47(37-54(49)59)60(46-29-27-39(28-30-46)41-17-11-18-42(33-41)45-26-25-38-13-3-4-14-40(38)34-45)55-23-10-8-20-50(55)51-21-12-24-56-58(51)52-35-43-15-5-6-16-44(43)36-57(52)61-56/h3-37H,1-2H3. The molecule has 0 spiro atoms. The summed E-state index contributed by atoms with van der Waals surface area (Å²) in [4.78, 5) is 2.44. The van der Waals surface area contributed by atoms with E-state index < -0.39 is 0 Å². The second-order valence-electron chi connectivity index (χ2n) is 16.9. The quantitative estimate of drug-likeness (QED) is 0.167. The summed E-state index contributed by atoms with van der Waals surface area (Å²) in [6.45, 7) is 4.71. The average molecular weight is 780 g/mol. The second kappa shape index (κ2) is 13.7. The molecule has 1 aliphatic rings. The Morgan fingerprint density at radius 3 is 1.77 bits per heavy atom. The van der Waals surface area contributed by atoms with E-state index in [4.69, 9.17) is 4.42 Å². The lowest BCUT2D eigenvalue weighted by Gasteiger charge is -2.30. The van der Waals surface area contributed by atoms with Crippen LogP contribution in [0.5, 0.6) is 0 Å². The number of hydrogen-bond acceptors (Lipinski definition) is 2. The minimum atomic E-state index is -0.142.